The van der Waals surface area contributed by atoms with Crippen molar-refractivity contribution >= 4 is 0 Å². The molecule has 2 heterocycles. The monoisotopic (exact) mass is 289 g/mol. The van der Waals surface area contributed by atoms with Gasteiger partial charge in [-0.25, -0.2) is 9.37 Å². The van der Waals surface area contributed by atoms with Gasteiger partial charge < -0.3 is 15.0 Å². The molecule has 1 aliphatic rings. The fourth-order valence-corrected chi connectivity index (χ4v) is 2.89. The SMILES string of the molecule is COc1cccc(F)c1-c1cnc(CC2CCNCC2)[nH]1. The number of hydrogen-bond acceptors (Lipinski definition) is 3. The van der Waals surface area contributed by atoms with Crippen LogP contribution in [0.3, 0.4) is 0 Å². The number of imidazole rings is 1. The summed E-state index contributed by atoms with van der Waals surface area (Å²) >= 11 is 0. The first kappa shape index (κ1) is 14.1. The van der Waals surface area contributed by atoms with Gasteiger partial charge in [-0.1, -0.05) is 6.07 Å². The number of ether oxygens (including phenoxy) is 1. The van der Waals surface area contributed by atoms with Crippen molar-refractivity contribution in [1.29, 1.82) is 0 Å². The molecule has 2 aromatic rings. The van der Waals surface area contributed by atoms with E-state index in [0.29, 0.717) is 22.9 Å². The van der Waals surface area contributed by atoms with Crippen molar-refractivity contribution in [3.05, 3.63) is 36.0 Å². The Kier molecular flexibility index (Phi) is 4.20. The van der Waals surface area contributed by atoms with Gasteiger partial charge in [-0.3, -0.25) is 0 Å². The first-order valence-corrected chi connectivity index (χ1v) is 7.35. The van der Waals surface area contributed by atoms with Gasteiger partial charge >= 0.3 is 0 Å². The van der Waals surface area contributed by atoms with Crippen molar-refractivity contribution < 1.29 is 9.13 Å². The van der Waals surface area contributed by atoms with Crippen LogP contribution >= 0.6 is 0 Å². The average Bonchev–Trinajstić information content (AvgIpc) is 2.96. The van der Waals surface area contributed by atoms with Gasteiger partial charge in [0.25, 0.3) is 0 Å². The van der Waals surface area contributed by atoms with Crippen LogP contribution in [0, 0.1) is 11.7 Å². The van der Waals surface area contributed by atoms with Crippen molar-refractivity contribution in [2.75, 3.05) is 20.2 Å². The number of aromatic amines is 1. The van der Waals surface area contributed by atoms with Gasteiger partial charge in [0, 0.05) is 6.42 Å². The molecule has 0 amide bonds. The lowest BCUT2D eigenvalue weighted by atomic mass is 9.94. The van der Waals surface area contributed by atoms with E-state index in [1.54, 1.807) is 25.4 Å². The highest BCUT2D eigenvalue weighted by atomic mass is 19.1. The van der Waals surface area contributed by atoms with Crippen LogP contribution in [0.1, 0.15) is 18.7 Å². The maximum Gasteiger partial charge on any atom is 0.136 e. The zero-order valence-electron chi connectivity index (χ0n) is 12.2. The highest BCUT2D eigenvalue weighted by Gasteiger charge is 2.17. The summed E-state index contributed by atoms with van der Waals surface area (Å²) in [6.45, 7) is 2.14. The quantitative estimate of drug-likeness (QED) is 0.910. The van der Waals surface area contributed by atoms with Crippen molar-refractivity contribution in [3.8, 4) is 17.0 Å². The number of benzene rings is 1. The minimum atomic E-state index is -0.300. The Morgan fingerprint density at radius 3 is 2.90 bits per heavy atom. The Bertz CT molecular complexity index is 605. The van der Waals surface area contributed by atoms with Crippen molar-refractivity contribution in [3.63, 3.8) is 0 Å². The molecule has 0 atom stereocenters. The topological polar surface area (TPSA) is 49.9 Å². The van der Waals surface area contributed by atoms with Gasteiger partial charge in [0.2, 0.25) is 0 Å². The fourth-order valence-electron chi connectivity index (χ4n) is 2.89. The minimum absolute atomic E-state index is 0.300. The third-order valence-electron chi connectivity index (χ3n) is 4.03. The summed E-state index contributed by atoms with van der Waals surface area (Å²) in [4.78, 5) is 7.65. The predicted octanol–water partition coefficient (Wildman–Crippen LogP) is 2.77. The Morgan fingerprint density at radius 2 is 2.14 bits per heavy atom. The number of H-pyrrole nitrogens is 1. The zero-order chi connectivity index (χ0) is 14.7. The predicted molar refractivity (Wildman–Crippen MR) is 79.8 cm³/mol. The normalized spacial score (nSPS) is 16.1. The lowest BCUT2D eigenvalue weighted by Crippen LogP contribution is -2.28. The number of halogens is 1. The molecule has 1 fully saturated rings. The van der Waals surface area contributed by atoms with Gasteiger partial charge in [-0.15, -0.1) is 0 Å². The molecule has 112 valence electrons. The number of methoxy groups -OCH3 is 1. The number of aromatic nitrogens is 2. The van der Waals surface area contributed by atoms with Crippen LogP contribution in [0.2, 0.25) is 0 Å². The van der Waals surface area contributed by atoms with Gasteiger partial charge in [0.05, 0.1) is 24.6 Å². The fraction of sp³-hybridized carbons (Fsp3) is 0.438. The number of rotatable bonds is 4. The van der Waals surface area contributed by atoms with Crippen LogP contribution in [-0.4, -0.2) is 30.2 Å². The largest absolute Gasteiger partial charge is 0.496 e. The third-order valence-corrected chi connectivity index (χ3v) is 4.03. The van der Waals surface area contributed by atoms with Crippen LogP contribution < -0.4 is 10.1 Å². The molecule has 0 bridgehead atoms. The number of piperidine rings is 1. The van der Waals surface area contributed by atoms with Gasteiger partial charge in [0.1, 0.15) is 17.4 Å². The smallest absolute Gasteiger partial charge is 0.136 e. The van der Waals surface area contributed by atoms with Gasteiger partial charge in [-0.05, 0) is 44.0 Å². The molecule has 4 nitrogen and oxygen atoms in total. The molecule has 0 aliphatic carbocycles. The second kappa shape index (κ2) is 6.26. The molecule has 3 rings (SSSR count). The molecule has 1 aromatic carbocycles. The number of hydrogen-bond donors (Lipinski definition) is 2. The van der Waals surface area contributed by atoms with Crippen molar-refractivity contribution in [2.24, 2.45) is 5.92 Å². The minimum Gasteiger partial charge on any atom is -0.496 e. The lowest BCUT2D eigenvalue weighted by molar-refractivity contribution is 0.368. The Balaban J connectivity index is 1.81. The van der Waals surface area contributed by atoms with E-state index in [1.165, 1.54) is 18.9 Å². The first-order chi connectivity index (χ1) is 10.3. The molecule has 1 aliphatic heterocycles. The molecule has 0 radical (unpaired) electrons. The molecule has 5 heteroatoms. The van der Waals surface area contributed by atoms with E-state index in [9.17, 15) is 4.39 Å². The van der Waals surface area contributed by atoms with Crippen LogP contribution in [0.5, 0.6) is 5.75 Å². The molecular formula is C16H20FN3O. The van der Waals surface area contributed by atoms with E-state index in [-0.39, 0.29) is 5.82 Å². The van der Waals surface area contributed by atoms with E-state index in [4.69, 9.17) is 4.74 Å². The average molecular weight is 289 g/mol. The maximum absolute atomic E-state index is 14.1. The molecule has 1 aromatic heterocycles. The molecule has 0 unspecified atom stereocenters. The summed E-state index contributed by atoms with van der Waals surface area (Å²) in [6.07, 6.45) is 4.94. The number of nitrogens with one attached hydrogen (secondary N) is 2. The van der Waals surface area contributed by atoms with Crippen LogP contribution in [0.15, 0.2) is 24.4 Å². The molecule has 0 spiro atoms. The van der Waals surface area contributed by atoms with Crippen LogP contribution in [0.25, 0.3) is 11.3 Å². The van der Waals surface area contributed by atoms with Crippen LogP contribution in [-0.2, 0) is 6.42 Å². The summed E-state index contributed by atoms with van der Waals surface area (Å²) in [6, 6.07) is 4.83. The highest BCUT2D eigenvalue weighted by molar-refractivity contribution is 5.67. The molecule has 1 saturated heterocycles. The van der Waals surface area contributed by atoms with E-state index in [1.807, 2.05) is 0 Å². The van der Waals surface area contributed by atoms with Crippen molar-refractivity contribution in [1.82, 2.24) is 15.3 Å². The van der Waals surface area contributed by atoms with E-state index < -0.39 is 0 Å². The third kappa shape index (κ3) is 3.08. The summed E-state index contributed by atoms with van der Waals surface area (Å²) in [7, 11) is 1.55. The summed E-state index contributed by atoms with van der Waals surface area (Å²) in [5.74, 6) is 1.79. The van der Waals surface area contributed by atoms with E-state index in [2.05, 4.69) is 15.3 Å². The lowest BCUT2D eigenvalue weighted by Gasteiger charge is -2.21. The Labute approximate surface area is 123 Å². The maximum atomic E-state index is 14.1. The second-order valence-corrected chi connectivity index (χ2v) is 5.46. The van der Waals surface area contributed by atoms with Crippen LogP contribution in [0.4, 0.5) is 4.39 Å². The summed E-state index contributed by atoms with van der Waals surface area (Å²) < 4.78 is 19.3. The highest BCUT2D eigenvalue weighted by Crippen LogP contribution is 2.31. The first-order valence-electron chi connectivity index (χ1n) is 7.35. The standard InChI is InChI=1S/C16H20FN3O/c1-21-14-4-2-3-12(17)16(14)13-10-19-15(20-13)9-11-5-7-18-8-6-11/h2-4,10-11,18H,5-9H2,1H3,(H,19,20). The zero-order valence-corrected chi connectivity index (χ0v) is 12.2. The molecular weight excluding hydrogens is 269 g/mol. The number of nitrogens with zero attached hydrogens (tertiary/aromatic N) is 1. The second-order valence-electron chi connectivity index (χ2n) is 5.46. The van der Waals surface area contributed by atoms with Gasteiger partial charge in [-0.2, -0.15) is 0 Å². The van der Waals surface area contributed by atoms with Crippen molar-refractivity contribution in [2.45, 2.75) is 19.3 Å². The molecule has 21 heavy (non-hydrogen) atoms. The summed E-state index contributed by atoms with van der Waals surface area (Å²) in [5, 5.41) is 3.36. The Hall–Kier alpha value is -1.88. The van der Waals surface area contributed by atoms with Gasteiger partial charge in [0.15, 0.2) is 0 Å². The Morgan fingerprint density at radius 1 is 1.33 bits per heavy atom. The molecule has 0 saturated carbocycles. The molecule has 2 N–H and O–H groups in total. The van der Waals surface area contributed by atoms with E-state index in [0.717, 1.165) is 25.3 Å². The summed E-state index contributed by atoms with van der Waals surface area (Å²) in [5.41, 5.74) is 1.12. The van der Waals surface area contributed by atoms with E-state index >= 15 is 0 Å².